The Hall–Kier alpha value is -3.69. The summed E-state index contributed by atoms with van der Waals surface area (Å²) in [6, 6.07) is 9.64. The van der Waals surface area contributed by atoms with Crippen molar-refractivity contribution in [3.05, 3.63) is 47.5 Å². The molecule has 1 amide bonds. The Labute approximate surface area is 185 Å². The normalized spacial score (nSPS) is 18.3. The highest BCUT2D eigenvalue weighted by molar-refractivity contribution is 6.00. The number of aryl methyl sites for hydroxylation is 2. The first-order valence-electron chi connectivity index (χ1n) is 10.6. The number of carbonyl (C=O) groups excluding carboxylic acids is 1. The summed E-state index contributed by atoms with van der Waals surface area (Å²) in [7, 11) is 1.78. The first kappa shape index (κ1) is 21.5. The molecule has 0 unspecified atom stereocenters. The lowest BCUT2D eigenvalue weighted by molar-refractivity contribution is -0.138. The fourth-order valence-electron chi connectivity index (χ4n) is 4.17. The van der Waals surface area contributed by atoms with Crippen molar-refractivity contribution in [2.45, 2.75) is 44.9 Å². The van der Waals surface area contributed by atoms with Gasteiger partial charge in [-0.3, -0.25) is 19.6 Å². The highest BCUT2D eigenvalue weighted by atomic mass is 16.4. The molecule has 10 heteroatoms. The Morgan fingerprint density at radius 2 is 1.88 bits per heavy atom. The third kappa shape index (κ3) is 5.13. The second-order valence-corrected chi connectivity index (χ2v) is 8.22. The van der Waals surface area contributed by atoms with E-state index in [2.05, 4.69) is 25.9 Å². The van der Waals surface area contributed by atoms with Gasteiger partial charge >= 0.3 is 23.8 Å². The number of nitrogens with one attached hydrogen (secondary N) is 2. The predicted octanol–water partition coefficient (Wildman–Crippen LogP) is 3.86. The molecule has 2 heterocycles. The van der Waals surface area contributed by atoms with E-state index in [-0.39, 0.29) is 24.2 Å². The van der Waals surface area contributed by atoms with Gasteiger partial charge in [0.1, 0.15) is 5.82 Å². The number of carboxylic acid groups (broad SMARTS) is 1. The number of amides is 1. The second kappa shape index (κ2) is 9.21. The van der Waals surface area contributed by atoms with E-state index in [1.807, 2.05) is 37.3 Å². The molecular weight excluding hydrogens is 412 g/mol. The number of aromatic nitrogens is 4. The van der Waals surface area contributed by atoms with E-state index in [1.165, 1.54) is 5.56 Å². The van der Waals surface area contributed by atoms with E-state index in [4.69, 9.17) is 9.52 Å². The molecule has 0 bridgehead atoms. The van der Waals surface area contributed by atoms with Crippen LogP contribution in [0.3, 0.4) is 0 Å². The minimum atomic E-state index is -0.718. The van der Waals surface area contributed by atoms with Crippen molar-refractivity contribution >= 4 is 29.4 Å². The van der Waals surface area contributed by atoms with Crippen LogP contribution in [0.25, 0.3) is 0 Å². The third-order valence-electron chi connectivity index (χ3n) is 5.81. The standard InChI is InChI=1S/C22H26N6O4/c1-13-11-18(28(2)27-13)24-22-26-25-21(32-22)20(31)23-17-9-7-16(8-10-17)15-5-3-14(4-6-15)12-19(29)30/h7-11,14-15H,3-6,12H2,1-2H3,(H,23,31)(H,24,26)(H,29,30). The number of hydrogen-bond donors (Lipinski definition) is 3. The number of rotatable bonds is 7. The minimum absolute atomic E-state index is 0.104. The zero-order chi connectivity index (χ0) is 22.7. The molecule has 168 valence electrons. The van der Waals surface area contributed by atoms with Gasteiger partial charge in [0, 0.05) is 25.2 Å². The van der Waals surface area contributed by atoms with Crippen LogP contribution in [0.4, 0.5) is 17.5 Å². The van der Waals surface area contributed by atoms with Gasteiger partial charge in [0.25, 0.3) is 0 Å². The van der Waals surface area contributed by atoms with Crippen molar-refractivity contribution in [2.24, 2.45) is 13.0 Å². The number of benzene rings is 1. The molecule has 1 aliphatic carbocycles. The number of nitrogens with zero attached hydrogens (tertiary/aromatic N) is 4. The highest BCUT2D eigenvalue weighted by Gasteiger charge is 2.24. The zero-order valence-electron chi connectivity index (χ0n) is 18.0. The van der Waals surface area contributed by atoms with Crippen molar-refractivity contribution in [1.82, 2.24) is 20.0 Å². The number of hydrogen-bond acceptors (Lipinski definition) is 7. The summed E-state index contributed by atoms with van der Waals surface area (Å²) >= 11 is 0. The summed E-state index contributed by atoms with van der Waals surface area (Å²) in [5.74, 6) is 0.0133. The van der Waals surface area contributed by atoms with E-state index >= 15 is 0 Å². The molecule has 0 radical (unpaired) electrons. The Morgan fingerprint density at radius 1 is 1.16 bits per heavy atom. The molecule has 0 atom stereocenters. The number of carboxylic acids is 1. The molecule has 1 aliphatic rings. The molecule has 2 aromatic heterocycles. The van der Waals surface area contributed by atoms with Crippen LogP contribution >= 0.6 is 0 Å². The number of carbonyl (C=O) groups is 2. The van der Waals surface area contributed by atoms with Crippen LogP contribution in [-0.2, 0) is 11.8 Å². The molecule has 3 N–H and O–H groups in total. The van der Waals surface area contributed by atoms with Gasteiger partial charge in [0.2, 0.25) is 0 Å². The lowest BCUT2D eigenvalue weighted by Crippen LogP contribution is -2.16. The van der Waals surface area contributed by atoms with Crippen LogP contribution in [0.15, 0.2) is 34.7 Å². The second-order valence-electron chi connectivity index (χ2n) is 8.22. The van der Waals surface area contributed by atoms with Crippen molar-refractivity contribution in [1.29, 1.82) is 0 Å². The molecule has 0 aliphatic heterocycles. The van der Waals surface area contributed by atoms with Gasteiger partial charge in [-0.15, -0.1) is 5.10 Å². The molecule has 3 aromatic rings. The lowest BCUT2D eigenvalue weighted by Gasteiger charge is -2.28. The molecule has 32 heavy (non-hydrogen) atoms. The van der Waals surface area contributed by atoms with Gasteiger partial charge in [-0.2, -0.15) is 5.10 Å². The zero-order valence-corrected chi connectivity index (χ0v) is 18.0. The van der Waals surface area contributed by atoms with Gasteiger partial charge in [-0.05, 0) is 62.1 Å². The Balaban J connectivity index is 1.32. The number of aliphatic carboxylic acids is 1. The minimum Gasteiger partial charge on any atom is -0.481 e. The molecular formula is C22H26N6O4. The Morgan fingerprint density at radius 3 is 2.50 bits per heavy atom. The summed E-state index contributed by atoms with van der Waals surface area (Å²) in [4.78, 5) is 23.3. The number of anilines is 3. The predicted molar refractivity (Wildman–Crippen MR) is 117 cm³/mol. The molecule has 1 fully saturated rings. The van der Waals surface area contributed by atoms with Crippen molar-refractivity contribution < 1.29 is 19.1 Å². The van der Waals surface area contributed by atoms with E-state index in [0.29, 0.717) is 17.4 Å². The molecule has 0 spiro atoms. The Bertz CT molecular complexity index is 1100. The van der Waals surface area contributed by atoms with E-state index in [9.17, 15) is 9.59 Å². The molecule has 0 saturated heterocycles. The molecule has 4 rings (SSSR count). The van der Waals surface area contributed by atoms with Crippen LogP contribution in [0, 0.1) is 12.8 Å². The van der Waals surface area contributed by atoms with Crippen molar-refractivity contribution in [3.8, 4) is 0 Å². The van der Waals surface area contributed by atoms with Crippen LogP contribution < -0.4 is 10.6 Å². The van der Waals surface area contributed by atoms with Crippen LogP contribution in [-0.4, -0.2) is 37.0 Å². The first-order valence-corrected chi connectivity index (χ1v) is 10.6. The molecule has 1 saturated carbocycles. The van der Waals surface area contributed by atoms with Gasteiger partial charge in [-0.25, -0.2) is 0 Å². The summed E-state index contributed by atoms with van der Waals surface area (Å²) < 4.78 is 7.05. The van der Waals surface area contributed by atoms with Crippen molar-refractivity contribution in [2.75, 3.05) is 10.6 Å². The van der Waals surface area contributed by atoms with Gasteiger partial charge < -0.3 is 14.8 Å². The highest BCUT2D eigenvalue weighted by Crippen LogP contribution is 2.37. The fraction of sp³-hybridized carbons (Fsp3) is 0.409. The van der Waals surface area contributed by atoms with E-state index in [0.717, 1.165) is 31.4 Å². The maximum absolute atomic E-state index is 12.5. The summed E-state index contributed by atoms with van der Waals surface area (Å²) in [6.07, 6.45) is 4.09. The largest absolute Gasteiger partial charge is 0.481 e. The summed E-state index contributed by atoms with van der Waals surface area (Å²) in [5, 5.41) is 26.5. The topological polar surface area (TPSA) is 135 Å². The van der Waals surface area contributed by atoms with Crippen molar-refractivity contribution in [3.63, 3.8) is 0 Å². The summed E-state index contributed by atoms with van der Waals surface area (Å²) in [5.41, 5.74) is 2.67. The quantitative estimate of drug-likeness (QED) is 0.506. The van der Waals surface area contributed by atoms with E-state index < -0.39 is 11.9 Å². The maximum Gasteiger partial charge on any atom is 0.321 e. The monoisotopic (exact) mass is 438 g/mol. The first-order chi connectivity index (χ1) is 15.4. The van der Waals surface area contributed by atoms with Gasteiger partial charge in [0.15, 0.2) is 0 Å². The van der Waals surface area contributed by atoms with Crippen LogP contribution in [0.2, 0.25) is 0 Å². The molecule has 10 nitrogen and oxygen atoms in total. The lowest BCUT2D eigenvalue weighted by atomic mass is 9.77. The smallest absolute Gasteiger partial charge is 0.321 e. The SMILES string of the molecule is Cc1cc(Nc2nnc(C(=O)Nc3ccc(C4CCC(CC(=O)O)CC4)cc3)o2)n(C)n1. The van der Waals surface area contributed by atoms with E-state index in [1.54, 1.807) is 11.7 Å². The van der Waals surface area contributed by atoms with Crippen LogP contribution in [0.1, 0.15) is 60.0 Å². The van der Waals surface area contributed by atoms with Crippen LogP contribution in [0.5, 0.6) is 0 Å². The maximum atomic E-state index is 12.5. The average Bonchev–Trinajstić information content (AvgIpc) is 3.35. The van der Waals surface area contributed by atoms with Gasteiger partial charge in [0.05, 0.1) is 5.69 Å². The fourth-order valence-corrected chi connectivity index (χ4v) is 4.17. The molecule has 1 aromatic carbocycles. The van der Waals surface area contributed by atoms with Gasteiger partial charge in [-0.1, -0.05) is 17.2 Å². The Kier molecular flexibility index (Phi) is 6.20. The third-order valence-corrected chi connectivity index (χ3v) is 5.81. The summed E-state index contributed by atoms with van der Waals surface area (Å²) in [6.45, 7) is 1.87. The average molecular weight is 438 g/mol.